The third-order valence-electron chi connectivity index (χ3n) is 3.13. The molecule has 1 aliphatic rings. The average molecular weight is 222 g/mol. The van der Waals surface area contributed by atoms with Crippen LogP contribution < -0.4 is 10.6 Å². The summed E-state index contributed by atoms with van der Waals surface area (Å²) in [7, 11) is 1.94. The molecule has 0 radical (unpaired) electrons. The van der Waals surface area contributed by atoms with Gasteiger partial charge in [0.15, 0.2) is 0 Å². The van der Waals surface area contributed by atoms with Crippen LogP contribution in [0.4, 0.5) is 0 Å². The van der Waals surface area contributed by atoms with Gasteiger partial charge in [-0.2, -0.15) is 5.10 Å². The van der Waals surface area contributed by atoms with Crippen LogP contribution in [0.3, 0.4) is 0 Å². The van der Waals surface area contributed by atoms with Crippen molar-refractivity contribution in [2.24, 2.45) is 7.05 Å². The molecule has 0 saturated carbocycles. The van der Waals surface area contributed by atoms with E-state index in [1.165, 1.54) is 11.3 Å². The fourth-order valence-corrected chi connectivity index (χ4v) is 1.93. The molecule has 1 aliphatic heterocycles. The van der Waals surface area contributed by atoms with Crippen molar-refractivity contribution < 1.29 is 4.79 Å². The standard InChI is InChI=1S/C11H18N4O/c1-8-9(6-13-15(8)2)5-12-7-10-3-4-11(16)14-10/h6,10,12H,3-5,7H2,1-2H3,(H,14,16). The largest absolute Gasteiger partial charge is 0.352 e. The lowest BCUT2D eigenvalue weighted by molar-refractivity contribution is -0.119. The molecule has 5 nitrogen and oxygen atoms in total. The summed E-state index contributed by atoms with van der Waals surface area (Å²) in [5, 5.41) is 10.5. The van der Waals surface area contributed by atoms with E-state index in [0.717, 1.165) is 19.5 Å². The summed E-state index contributed by atoms with van der Waals surface area (Å²) >= 11 is 0. The minimum atomic E-state index is 0.171. The van der Waals surface area contributed by atoms with Gasteiger partial charge in [-0.05, 0) is 13.3 Å². The molecule has 0 aromatic carbocycles. The fraction of sp³-hybridized carbons (Fsp3) is 0.636. The van der Waals surface area contributed by atoms with Gasteiger partial charge in [-0.1, -0.05) is 0 Å². The summed E-state index contributed by atoms with van der Waals surface area (Å²) in [6.07, 6.45) is 3.49. The molecule has 1 aromatic rings. The Hall–Kier alpha value is -1.36. The lowest BCUT2D eigenvalue weighted by Gasteiger charge is -2.10. The van der Waals surface area contributed by atoms with Crippen LogP contribution in [0.25, 0.3) is 0 Å². The van der Waals surface area contributed by atoms with Crippen molar-refractivity contribution in [1.82, 2.24) is 20.4 Å². The molecule has 16 heavy (non-hydrogen) atoms. The Labute approximate surface area is 95.2 Å². The molecule has 2 rings (SSSR count). The highest BCUT2D eigenvalue weighted by Gasteiger charge is 2.19. The first-order valence-electron chi connectivity index (χ1n) is 5.64. The predicted molar refractivity (Wildman–Crippen MR) is 60.8 cm³/mol. The van der Waals surface area contributed by atoms with Crippen LogP contribution in [0.1, 0.15) is 24.1 Å². The quantitative estimate of drug-likeness (QED) is 0.759. The Morgan fingerprint density at radius 3 is 3.06 bits per heavy atom. The maximum Gasteiger partial charge on any atom is 0.220 e. The molecule has 0 aliphatic carbocycles. The maximum atomic E-state index is 11.0. The molecule has 1 unspecified atom stereocenters. The zero-order chi connectivity index (χ0) is 11.5. The molecule has 0 bridgehead atoms. The second-order valence-electron chi connectivity index (χ2n) is 4.31. The van der Waals surface area contributed by atoms with Gasteiger partial charge in [0.25, 0.3) is 0 Å². The van der Waals surface area contributed by atoms with Crippen molar-refractivity contribution in [1.29, 1.82) is 0 Å². The van der Waals surface area contributed by atoms with E-state index in [2.05, 4.69) is 22.7 Å². The van der Waals surface area contributed by atoms with Crippen molar-refractivity contribution in [3.8, 4) is 0 Å². The van der Waals surface area contributed by atoms with Crippen molar-refractivity contribution in [3.63, 3.8) is 0 Å². The molecule has 2 heterocycles. The number of amides is 1. The number of nitrogens with zero attached hydrogens (tertiary/aromatic N) is 2. The van der Waals surface area contributed by atoms with E-state index in [4.69, 9.17) is 0 Å². The highest BCUT2D eigenvalue weighted by Crippen LogP contribution is 2.07. The zero-order valence-corrected chi connectivity index (χ0v) is 9.79. The van der Waals surface area contributed by atoms with Gasteiger partial charge < -0.3 is 10.6 Å². The number of carbonyl (C=O) groups excluding carboxylic acids is 1. The molecule has 1 fully saturated rings. The Morgan fingerprint density at radius 2 is 2.50 bits per heavy atom. The van der Waals surface area contributed by atoms with Crippen LogP contribution in [0.15, 0.2) is 6.20 Å². The van der Waals surface area contributed by atoms with E-state index in [0.29, 0.717) is 12.5 Å². The van der Waals surface area contributed by atoms with Crippen molar-refractivity contribution in [3.05, 3.63) is 17.5 Å². The summed E-state index contributed by atoms with van der Waals surface area (Å²) in [6.45, 7) is 3.70. The minimum absolute atomic E-state index is 0.171. The molecular weight excluding hydrogens is 204 g/mol. The van der Waals surface area contributed by atoms with Crippen LogP contribution in [0, 0.1) is 6.92 Å². The highest BCUT2D eigenvalue weighted by atomic mass is 16.1. The second-order valence-corrected chi connectivity index (χ2v) is 4.31. The second kappa shape index (κ2) is 4.65. The Balaban J connectivity index is 1.76. The molecule has 1 aromatic heterocycles. The monoisotopic (exact) mass is 222 g/mol. The first-order valence-corrected chi connectivity index (χ1v) is 5.64. The summed E-state index contributed by atoms with van der Waals surface area (Å²) in [5.74, 6) is 0.171. The van der Waals surface area contributed by atoms with Crippen LogP contribution in [-0.2, 0) is 18.4 Å². The van der Waals surface area contributed by atoms with Crippen molar-refractivity contribution >= 4 is 5.91 Å². The molecular formula is C11H18N4O. The highest BCUT2D eigenvalue weighted by molar-refractivity contribution is 5.78. The Kier molecular flexibility index (Phi) is 3.24. The number of nitrogens with one attached hydrogen (secondary N) is 2. The normalized spacial score (nSPS) is 20.1. The van der Waals surface area contributed by atoms with Gasteiger partial charge in [0.1, 0.15) is 0 Å². The van der Waals surface area contributed by atoms with Gasteiger partial charge in [-0.3, -0.25) is 9.48 Å². The lowest BCUT2D eigenvalue weighted by Crippen LogP contribution is -2.35. The van der Waals surface area contributed by atoms with Crippen LogP contribution >= 0.6 is 0 Å². The predicted octanol–water partition coefficient (Wildman–Crippen LogP) is 0.0967. The lowest BCUT2D eigenvalue weighted by atomic mass is 10.2. The Bertz CT molecular complexity index is 385. The number of hydrogen-bond donors (Lipinski definition) is 2. The first kappa shape index (κ1) is 11.1. The number of hydrogen-bond acceptors (Lipinski definition) is 3. The van der Waals surface area contributed by atoms with Gasteiger partial charge in [0.2, 0.25) is 5.91 Å². The number of aryl methyl sites for hydroxylation is 1. The smallest absolute Gasteiger partial charge is 0.220 e. The molecule has 88 valence electrons. The molecule has 1 saturated heterocycles. The van der Waals surface area contributed by atoms with E-state index in [1.807, 2.05) is 17.9 Å². The topological polar surface area (TPSA) is 59.0 Å². The number of aromatic nitrogens is 2. The summed E-state index contributed by atoms with van der Waals surface area (Å²) in [6, 6.07) is 0.296. The zero-order valence-electron chi connectivity index (χ0n) is 9.79. The van der Waals surface area contributed by atoms with Gasteiger partial charge in [-0.25, -0.2) is 0 Å². The van der Waals surface area contributed by atoms with Gasteiger partial charge in [0, 0.05) is 43.9 Å². The van der Waals surface area contributed by atoms with Gasteiger partial charge in [0.05, 0.1) is 6.20 Å². The first-order chi connectivity index (χ1) is 7.66. The summed E-state index contributed by atoms with van der Waals surface area (Å²) < 4.78 is 1.87. The van der Waals surface area contributed by atoms with E-state index < -0.39 is 0 Å². The molecule has 1 atom stereocenters. The average Bonchev–Trinajstić information content (AvgIpc) is 2.79. The van der Waals surface area contributed by atoms with E-state index in [-0.39, 0.29) is 5.91 Å². The SMILES string of the molecule is Cc1c(CNCC2CCC(=O)N2)cnn1C. The van der Waals surface area contributed by atoms with E-state index >= 15 is 0 Å². The van der Waals surface area contributed by atoms with Crippen LogP contribution in [0.5, 0.6) is 0 Å². The molecule has 2 N–H and O–H groups in total. The number of rotatable bonds is 4. The maximum absolute atomic E-state index is 11.0. The van der Waals surface area contributed by atoms with E-state index in [9.17, 15) is 4.79 Å². The molecule has 0 spiro atoms. The van der Waals surface area contributed by atoms with E-state index in [1.54, 1.807) is 0 Å². The summed E-state index contributed by atoms with van der Waals surface area (Å²) in [4.78, 5) is 11.0. The summed E-state index contributed by atoms with van der Waals surface area (Å²) in [5.41, 5.74) is 2.40. The van der Waals surface area contributed by atoms with Crippen LogP contribution in [-0.4, -0.2) is 28.3 Å². The Morgan fingerprint density at radius 1 is 1.69 bits per heavy atom. The van der Waals surface area contributed by atoms with Crippen molar-refractivity contribution in [2.75, 3.05) is 6.54 Å². The third-order valence-corrected chi connectivity index (χ3v) is 3.13. The van der Waals surface area contributed by atoms with Crippen LogP contribution in [0.2, 0.25) is 0 Å². The van der Waals surface area contributed by atoms with Gasteiger partial charge in [-0.15, -0.1) is 0 Å². The van der Waals surface area contributed by atoms with Crippen molar-refractivity contribution in [2.45, 2.75) is 32.4 Å². The third kappa shape index (κ3) is 2.41. The number of carbonyl (C=O) groups is 1. The molecule has 1 amide bonds. The fourth-order valence-electron chi connectivity index (χ4n) is 1.93. The minimum Gasteiger partial charge on any atom is -0.352 e. The van der Waals surface area contributed by atoms with Gasteiger partial charge >= 0.3 is 0 Å². The molecule has 5 heteroatoms.